The summed E-state index contributed by atoms with van der Waals surface area (Å²) in [6.45, 7) is 0. The predicted molar refractivity (Wildman–Crippen MR) is 109 cm³/mol. The molecule has 1 atom stereocenters. The summed E-state index contributed by atoms with van der Waals surface area (Å²) in [7, 11) is 3.93. The monoisotopic (exact) mass is 366 g/mol. The number of benzene rings is 2. The highest BCUT2D eigenvalue weighted by Gasteiger charge is 2.27. The normalized spacial score (nSPS) is 21.0. The summed E-state index contributed by atoms with van der Waals surface area (Å²) in [5.74, 6) is 0.956. The standard InChI is InChI=1S/C23H30N2O2/c1-25(2)22(16-17-6-4-3-5-7-17)23(27)24-20-12-8-18(9-13-20)19-10-14-21(26)15-11-19/h3-7,10-11,14-15,18,20,22,26H,8-9,12-13,16H2,1-2H3,(H,24,27). The minimum atomic E-state index is -0.151. The molecule has 1 aliphatic rings. The molecule has 0 bridgehead atoms. The summed E-state index contributed by atoms with van der Waals surface area (Å²) >= 11 is 0. The smallest absolute Gasteiger partial charge is 0.237 e. The molecule has 1 fully saturated rings. The fraction of sp³-hybridized carbons (Fsp3) is 0.435. The van der Waals surface area contributed by atoms with E-state index in [1.807, 2.05) is 49.3 Å². The molecule has 0 spiro atoms. The van der Waals surface area contributed by atoms with Gasteiger partial charge in [-0.2, -0.15) is 0 Å². The fourth-order valence-corrected chi connectivity index (χ4v) is 3.96. The van der Waals surface area contributed by atoms with Crippen LogP contribution in [0.1, 0.15) is 42.7 Å². The van der Waals surface area contributed by atoms with Gasteiger partial charge in [0.2, 0.25) is 5.91 Å². The van der Waals surface area contributed by atoms with E-state index in [0.717, 1.165) is 32.1 Å². The van der Waals surface area contributed by atoms with Crippen LogP contribution in [0.4, 0.5) is 0 Å². The number of carbonyl (C=O) groups is 1. The van der Waals surface area contributed by atoms with Crippen LogP contribution in [-0.4, -0.2) is 42.1 Å². The maximum atomic E-state index is 12.9. The molecule has 1 unspecified atom stereocenters. The first kappa shape index (κ1) is 19.4. The highest BCUT2D eigenvalue weighted by Crippen LogP contribution is 2.33. The second kappa shape index (κ2) is 9.05. The number of likely N-dealkylation sites (N-methyl/N-ethyl adjacent to an activating group) is 1. The summed E-state index contributed by atoms with van der Waals surface area (Å²) in [5.41, 5.74) is 2.47. The Morgan fingerprint density at radius 3 is 2.26 bits per heavy atom. The Bertz CT molecular complexity index is 720. The summed E-state index contributed by atoms with van der Waals surface area (Å²) in [6, 6.07) is 17.8. The van der Waals surface area contributed by atoms with Crippen LogP contribution in [-0.2, 0) is 11.2 Å². The molecule has 0 heterocycles. The lowest BCUT2D eigenvalue weighted by atomic mass is 9.81. The molecule has 1 amide bonds. The molecule has 2 aromatic carbocycles. The van der Waals surface area contributed by atoms with Gasteiger partial charge in [-0.1, -0.05) is 42.5 Å². The molecule has 144 valence electrons. The molecule has 1 aliphatic carbocycles. The van der Waals surface area contributed by atoms with Crippen LogP contribution in [0, 0.1) is 0 Å². The van der Waals surface area contributed by atoms with Crippen LogP contribution in [0.15, 0.2) is 54.6 Å². The third-order valence-corrected chi connectivity index (χ3v) is 5.64. The van der Waals surface area contributed by atoms with Gasteiger partial charge in [-0.25, -0.2) is 0 Å². The SMILES string of the molecule is CN(C)C(Cc1ccccc1)C(=O)NC1CCC(c2ccc(O)cc2)CC1. The Morgan fingerprint density at radius 1 is 1.04 bits per heavy atom. The van der Waals surface area contributed by atoms with E-state index in [4.69, 9.17) is 0 Å². The predicted octanol–water partition coefficient (Wildman–Crippen LogP) is 3.71. The lowest BCUT2D eigenvalue weighted by molar-refractivity contribution is -0.126. The Kier molecular flexibility index (Phi) is 6.51. The van der Waals surface area contributed by atoms with Crippen molar-refractivity contribution in [2.45, 2.75) is 50.1 Å². The van der Waals surface area contributed by atoms with Gasteiger partial charge in [-0.3, -0.25) is 9.69 Å². The molecule has 3 rings (SSSR count). The van der Waals surface area contributed by atoms with E-state index in [9.17, 15) is 9.90 Å². The molecule has 0 aliphatic heterocycles. The third kappa shape index (κ3) is 5.33. The molecule has 1 saturated carbocycles. The molecule has 0 radical (unpaired) electrons. The highest BCUT2D eigenvalue weighted by atomic mass is 16.3. The molecule has 0 saturated heterocycles. The van der Waals surface area contributed by atoms with Crippen molar-refractivity contribution in [2.24, 2.45) is 0 Å². The fourth-order valence-electron chi connectivity index (χ4n) is 3.96. The number of hydrogen-bond acceptors (Lipinski definition) is 3. The van der Waals surface area contributed by atoms with Gasteiger partial charge in [-0.15, -0.1) is 0 Å². The number of carbonyl (C=O) groups excluding carboxylic acids is 1. The number of nitrogens with zero attached hydrogens (tertiary/aromatic N) is 1. The van der Waals surface area contributed by atoms with Gasteiger partial charge in [0.05, 0.1) is 6.04 Å². The van der Waals surface area contributed by atoms with Crippen LogP contribution in [0.25, 0.3) is 0 Å². The summed E-state index contributed by atoms with van der Waals surface area (Å²) in [6.07, 6.45) is 4.87. The average Bonchev–Trinajstić information content (AvgIpc) is 2.68. The first-order valence-corrected chi connectivity index (χ1v) is 9.82. The number of phenols is 1. The van der Waals surface area contributed by atoms with Crippen molar-refractivity contribution in [1.82, 2.24) is 10.2 Å². The molecular weight excluding hydrogens is 336 g/mol. The number of rotatable bonds is 6. The van der Waals surface area contributed by atoms with Crippen molar-refractivity contribution in [2.75, 3.05) is 14.1 Å². The number of nitrogens with one attached hydrogen (secondary N) is 1. The Labute approximate surface area is 162 Å². The zero-order valence-corrected chi connectivity index (χ0v) is 16.3. The number of hydrogen-bond donors (Lipinski definition) is 2. The van der Waals surface area contributed by atoms with E-state index in [0.29, 0.717) is 11.7 Å². The van der Waals surface area contributed by atoms with Crippen molar-refractivity contribution in [3.63, 3.8) is 0 Å². The van der Waals surface area contributed by atoms with Gasteiger partial charge in [0.25, 0.3) is 0 Å². The van der Waals surface area contributed by atoms with Gasteiger partial charge < -0.3 is 10.4 Å². The van der Waals surface area contributed by atoms with E-state index in [2.05, 4.69) is 17.4 Å². The number of phenolic OH excluding ortho intramolecular Hbond substituents is 1. The van der Waals surface area contributed by atoms with Crippen LogP contribution in [0.3, 0.4) is 0 Å². The molecule has 4 nitrogen and oxygen atoms in total. The van der Waals surface area contributed by atoms with E-state index >= 15 is 0 Å². The molecule has 4 heteroatoms. The van der Waals surface area contributed by atoms with E-state index in [-0.39, 0.29) is 18.0 Å². The van der Waals surface area contributed by atoms with Gasteiger partial charge in [0.15, 0.2) is 0 Å². The Hall–Kier alpha value is -2.33. The highest BCUT2D eigenvalue weighted by molar-refractivity contribution is 5.82. The van der Waals surface area contributed by atoms with Crippen molar-refractivity contribution in [3.05, 3.63) is 65.7 Å². The molecule has 0 aromatic heterocycles. The van der Waals surface area contributed by atoms with E-state index < -0.39 is 0 Å². The lowest BCUT2D eigenvalue weighted by Crippen LogP contribution is -2.49. The maximum Gasteiger partial charge on any atom is 0.237 e. The van der Waals surface area contributed by atoms with Gasteiger partial charge >= 0.3 is 0 Å². The van der Waals surface area contributed by atoms with Crippen molar-refractivity contribution in [3.8, 4) is 5.75 Å². The van der Waals surface area contributed by atoms with Gasteiger partial charge in [0.1, 0.15) is 5.75 Å². The van der Waals surface area contributed by atoms with Gasteiger partial charge in [0, 0.05) is 6.04 Å². The van der Waals surface area contributed by atoms with E-state index in [1.54, 1.807) is 12.1 Å². The van der Waals surface area contributed by atoms with Gasteiger partial charge in [-0.05, 0) is 75.4 Å². The summed E-state index contributed by atoms with van der Waals surface area (Å²) in [5, 5.41) is 12.7. The van der Waals surface area contributed by atoms with Crippen LogP contribution < -0.4 is 5.32 Å². The quantitative estimate of drug-likeness (QED) is 0.819. The number of amides is 1. The average molecular weight is 367 g/mol. The minimum Gasteiger partial charge on any atom is -0.508 e. The summed E-state index contributed by atoms with van der Waals surface area (Å²) < 4.78 is 0. The second-order valence-electron chi connectivity index (χ2n) is 7.82. The van der Waals surface area contributed by atoms with Crippen molar-refractivity contribution < 1.29 is 9.90 Å². The van der Waals surface area contributed by atoms with Crippen LogP contribution in [0.2, 0.25) is 0 Å². The maximum absolute atomic E-state index is 12.9. The second-order valence-corrected chi connectivity index (χ2v) is 7.82. The van der Waals surface area contributed by atoms with Crippen molar-refractivity contribution in [1.29, 1.82) is 0 Å². The third-order valence-electron chi connectivity index (χ3n) is 5.64. The topological polar surface area (TPSA) is 52.6 Å². The van der Waals surface area contributed by atoms with Crippen molar-refractivity contribution >= 4 is 5.91 Å². The van der Waals surface area contributed by atoms with Crippen LogP contribution >= 0.6 is 0 Å². The molecule has 2 N–H and O–H groups in total. The van der Waals surface area contributed by atoms with E-state index in [1.165, 1.54) is 11.1 Å². The zero-order chi connectivity index (χ0) is 19.2. The minimum absolute atomic E-state index is 0.122. The van der Waals surface area contributed by atoms with Crippen LogP contribution in [0.5, 0.6) is 5.75 Å². The summed E-state index contributed by atoms with van der Waals surface area (Å²) in [4.78, 5) is 14.9. The molecule has 27 heavy (non-hydrogen) atoms. The largest absolute Gasteiger partial charge is 0.508 e. The lowest BCUT2D eigenvalue weighted by Gasteiger charge is -2.32. The Balaban J connectivity index is 1.53. The molecule has 2 aromatic rings. The molecular formula is C23H30N2O2. The number of aromatic hydroxyl groups is 1. The zero-order valence-electron chi connectivity index (χ0n) is 16.3. The Morgan fingerprint density at radius 2 is 1.67 bits per heavy atom. The first-order chi connectivity index (χ1) is 13.0. The first-order valence-electron chi connectivity index (χ1n) is 9.82.